The molecule has 0 aromatic carbocycles. The van der Waals surface area contributed by atoms with Gasteiger partial charge in [0.05, 0.1) is 0 Å². The van der Waals surface area contributed by atoms with Crippen LogP contribution in [-0.2, 0) is 0 Å². The number of nitrogens with zero attached hydrogens (tertiary/aromatic N) is 3. The minimum absolute atomic E-state index is 0.610. The maximum Gasteiger partial charge on any atom is 0.132 e. The van der Waals surface area contributed by atoms with E-state index in [2.05, 4.69) is 20.2 Å². The van der Waals surface area contributed by atoms with Crippen molar-refractivity contribution in [1.29, 1.82) is 0 Å². The number of hydrogen-bond donors (Lipinski definition) is 1. The highest BCUT2D eigenvalue weighted by Crippen LogP contribution is 2.24. The Morgan fingerprint density at radius 3 is 3.00 bits per heavy atom. The topological polar surface area (TPSA) is 41.0 Å². The molecular weight excluding hydrogens is 212 g/mol. The fourth-order valence-electron chi connectivity index (χ4n) is 2.56. The van der Waals surface area contributed by atoms with Crippen molar-refractivity contribution >= 4 is 5.82 Å². The van der Waals surface area contributed by atoms with Crippen LogP contribution in [0.15, 0.2) is 18.6 Å². The first-order valence-electron chi connectivity index (χ1n) is 6.69. The molecule has 1 aromatic rings. The summed E-state index contributed by atoms with van der Waals surface area (Å²) in [6.07, 6.45) is 10.1. The van der Waals surface area contributed by atoms with E-state index in [4.69, 9.17) is 0 Å². The van der Waals surface area contributed by atoms with Gasteiger partial charge in [-0.05, 0) is 38.2 Å². The number of rotatable bonds is 4. The molecule has 1 aliphatic heterocycles. The van der Waals surface area contributed by atoms with Gasteiger partial charge in [-0.3, -0.25) is 0 Å². The van der Waals surface area contributed by atoms with Crippen LogP contribution in [0.5, 0.6) is 0 Å². The predicted octanol–water partition coefficient (Wildman–Crippen LogP) is 1.59. The molecule has 0 radical (unpaired) electrons. The maximum absolute atomic E-state index is 4.38. The van der Waals surface area contributed by atoms with Gasteiger partial charge in [0.1, 0.15) is 12.1 Å². The smallest absolute Gasteiger partial charge is 0.132 e. The molecule has 1 saturated heterocycles. The van der Waals surface area contributed by atoms with E-state index in [-0.39, 0.29) is 0 Å². The van der Waals surface area contributed by atoms with Crippen LogP contribution >= 0.6 is 0 Å². The van der Waals surface area contributed by atoms with Crippen molar-refractivity contribution < 1.29 is 0 Å². The Hall–Kier alpha value is -1.16. The second-order valence-electron chi connectivity index (χ2n) is 5.09. The van der Waals surface area contributed by atoms with Crippen molar-refractivity contribution in [3.8, 4) is 0 Å². The van der Waals surface area contributed by atoms with Gasteiger partial charge in [0.15, 0.2) is 0 Å². The summed E-state index contributed by atoms with van der Waals surface area (Å²) in [5.41, 5.74) is 0. The van der Waals surface area contributed by atoms with Crippen LogP contribution < -0.4 is 10.2 Å². The lowest BCUT2D eigenvalue weighted by atomic mass is 10.0. The molecule has 17 heavy (non-hydrogen) atoms. The van der Waals surface area contributed by atoms with E-state index in [0.717, 1.165) is 24.9 Å². The fraction of sp³-hybridized carbons (Fsp3) is 0.692. The van der Waals surface area contributed by atoms with Gasteiger partial charge >= 0.3 is 0 Å². The Kier molecular flexibility index (Phi) is 3.22. The van der Waals surface area contributed by atoms with Crippen molar-refractivity contribution in [2.24, 2.45) is 0 Å². The minimum Gasteiger partial charge on any atom is -0.352 e. The highest BCUT2D eigenvalue weighted by molar-refractivity contribution is 5.38. The normalized spacial score (nSPS) is 24.9. The quantitative estimate of drug-likeness (QED) is 0.856. The molecule has 2 aliphatic rings. The lowest BCUT2D eigenvalue weighted by Crippen LogP contribution is -2.46. The van der Waals surface area contributed by atoms with Gasteiger partial charge in [-0.15, -0.1) is 0 Å². The molecule has 1 atom stereocenters. The van der Waals surface area contributed by atoms with Crippen LogP contribution in [0.3, 0.4) is 0 Å². The van der Waals surface area contributed by atoms with Crippen LogP contribution in [-0.4, -0.2) is 35.1 Å². The van der Waals surface area contributed by atoms with Gasteiger partial charge in [-0.1, -0.05) is 0 Å². The molecule has 2 fully saturated rings. The SMILES string of the molecule is c1cc(N2CCCCC2CNC2CC2)ncn1. The first kappa shape index (κ1) is 11.0. The standard InChI is InChI=1S/C13H20N4/c1-2-8-17(13-6-7-14-10-16-13)12(3-1)9-15-11-4-5-11/h6-7,10-12,15H,1-5,8-9H2. The van der Waals surface area contributed by atoms with E-state index in [1.165, 1.54) is 32.1 Å². The zero-order chi connectivity index (χ0) is 11.5. The van der Waals surface area contributed by atoms with Crippen LogP contribution in [0.25, 0.3) is 0 Å². The summed E-state index contributed by atoms with van der Waals surface area (Å²) < 4.78 is 0. The predicted molar refractivity (Wildman–Crippen MR) is 68.0 cm³/mol. The first-order valence-corrected chi connectivity index (χ1v) is 6.69. The second-order valence-corrected chi connectivity index (χ2v) is 5.09. The monoisotopic (exact) mass is 232 g/mol. The number of piperidine rings is 1. The van der Waals surface area contributed by atoms with Crippen LogP contribution in [0.2, 0.25) is 0 Å². The molecule has 1 unspecified atom stereocenters. The Morgan fingerprint density at radius 1 is 1.29 bits per heavy atom. The molecule has 4 nitrogen and oxygen atoms in total. The van der Waals surface area contributed by atoms with Crippen molar-refractivity contribution in [3.63, 3.8) is 0 Å². The van der Waals surface area contributed by atoms with E-state index in [1.807, 2.05) is 12.3 Å². The van der Waals surface area contributed by atoms with Crippen molar-refractivity contribution in [2.45, 2.75) is 44.2 Å². The highest BCUT2D eigenvalue weighted by Gasteiger charge is 2.26. The van der Waals surface area contributed by atoms with Crippen LogP contribution in [0.4, 0.5) is 5.82 Å². The van der Waals surface area contributed by atoms with Gasteiger partial charge < -0.3 is 10.2 Å². The third kappa shape index (κ3) is 2.75. The average Bonchev–Trinajstić information content (AvgIpc) is 3.22. The summed E-state index contributed by atoms with van der Waals surface area (Å²) in [5.74, 6) is 1.09. The Morgan fingerprint density at radius 2 is 2.24 bits per heavy atom. The molecule has 0 amide bonds. The first-order chi connectivity index (χ1) is 8.43. The van der Waals surface area contributed by atoms with Crippen LogP contribution in [0, 0.1) is 0 Å². The molecule has 0 spiro atoms. The molecule has 1 N–H and O–H groups in total. The minimum atomic E-state index is 0.610. The fourth-order valence-corrected chi connectivity index (χ4v) is 2.56. The summed E-state index contributed by atoms with van der Waals surface area (Å²) in [6, 6.07) is 3.43. The summed E-state index contributed by atoms with van der Waals surface area (Å²) >= 11 is 0. The highest BCUT2D eigenvalue weighted by atomic mass is 15.2. The van der Waals surface area contributed by atoms with E-state index in [0.29, 0.717) is 6.04 Å². The van der Waals surface area contributed by atoms with Gasteiger partial charge in [-0.2, -0.15) is 0 Å². The van der Waals surface area contributed by atoms with Crippen molar-refractivity contribution in [3.05, 3.63) is 18.6 Å². The summed E-state index contributed by atoms with van der Waals surface area (Å²) in [7, 11) is 0. The lowest BCUT2D eigenvalue weighted by Gasteiger charge is -2.36. The molecular formula is C13H20N4. The molecule has 1 aromatic heterocycles. The van der Waals surface area contributed by atoms with E-state index < -0.39 is 0 Å². The molecule has 2 heterocycles. The number of hydrogen-bond acceptors (Lipinski definition) is 4. The van der Waals surface area contributed by atoms with Gasteiger partial charge in [0.2, 0.25) is 0 Å². The zero-order valence-electron chi connectivity index (χ0n) is 10.2. The number of aromatic nitrogens is 2. The molecule has 0 bridgehead atoms. The summed E-state index contributed by atoms with van der Waals surface area (Å²) in [6.45, 7) is 2.24. The Balaban J connectivity index is 1.66. The summed E-state index contributed by atoms with van der Waals surface area (Å²) in [5, 5.41) is 3.64. The number of anilines is 1. The largest absolute Gasteiger partial charge is 0.352 e. The maximum atomic E-state index is 4.38. The van der Waals surface area contributed by atoms with Crippen molar-refractivity contribution in [1.82, 2.24) is 15.3 Å². The van der Waals surface area contributed by atoms with E-state index in [9.17, 15) is 0 Å². The van der Waals surface area contributed by atoms with E-state index >= 15 is 0 Å². The second kappa shape index (κ2) is 5.00. The molecule has 92 valence electrons. The van der Waals surface area contributed by atoms with Gasteiger partial charge in [0, 0.05) is 31.4 Å². The third-order valence-corrected chi connectivity index (χ3v) is 3.71. The summed E-state index contributed by atoms with van der Waals surface area (Å²) in [4.78, 5) is 10.8. The van der Waals surface area contributed by atoms with Gasteiger partial charge in [-0.25, -0.2) is 9.97 Å². The molecule has 1 saturated carbocycles. The van der Waals surface area contributed by atoms with Crippen LogP contribution in [0.1, 0.15) is 32.1 Å². The Bertz CT molecular complexity index is 350. The third-order valence-electron chi connectivity index (χ3n) is 3.71. The lowest BCUT2D eigenvalue weighted by molar-refractivity contribution is 0.431. The molecule has 1 aliphatic carbocycles. The molecule has 4 heteroatoms. The van der Waals surface area contributed by atoms with E-state index in [1.54, 1.807) is 6.33 Å². The average molecular weight is 232 g/mol. The molecule has 3 rings (SSSR count). The Labute approximate surface area is 102 Å². The number of nitrogens with one attached hydrogen (secondary N) is 1. The van der Waals surface area contributed by atoms with Crippen molar-refractivity contribution in [2.75, 3.05) is 18.0 Å². The van der Waals surface area contributed by atoms with Gasteiger partial charge in [0.25, 0.3) is 0 Å². The zero-order valence-corrected chi connectivity index (χ0v) is 10.2.